The molecule has 6 heteroatoms. The molecule has 0 fully saturated rings. The molecular weight excluding hydrogens is 767 g/mol. The number of unbranched alkanes of at least 4 members (excludes halogenated alkanes) is 35. The number of nitrogens with one attached hydrogen (secondary N) is 1. The highest BCUT2D eigenvalue weighted by molar-refractivity contribution is 5.80. The van der Waals surface area contributed by atoms with Gasteiger partial charge in [-0.05, 0) is 70.6 Å². The molecule has 366 valence electrons. The van der Waals surface area contributed by atoms with Crippen molar-refractivity contribution >= 4 is 5.91 Å². The molecule has 4 atom stereocenters. The molecule has 0 radical (unpaired) electrons. The van der Waals surface area contributed by atoms with Crippen LogP contribution in [0.25, 0.3) is 0 Å². The second-order valence-corrected chi connectivity index (χ2v) is 18.9. The van der Waals surface area contributed by atoms with Crippen molar-refractivity contribution < 1.29 is 25.2 Å². The zero-order chi connectivity index (χ0) is 45.2. The highest BCUT2D eigenvalue weighted by Crippen LogP contribution is 2.17. The molecule has 5 N–H and O–H groups in total. The van der Waals surface area contributed by atoms with Gasteiger partial charge in [-0.2, -0.15) is 0 Å². The quantitative estimate of drug-likeness (QED) is 0.0309. The summed E-state index contributed by atoms with van der Waals surface area (Å²) in [4.78, 5) is 12.5. The number of rotatable bonds is 50. The molecule has 0 bridgehead atoms. The summed E-state index contributed by atoms with van der Waals surface area (Å²) in [7, 11) is 0. The Morgan fingerprint density at radius 3 is 1.06 bits per heavy atom. The predicted octanol–water partition coefficient (Wildman–Crippen LogP) is 15.6. The fourth-order valence-corrected chi connectivity index (χ4v) is 8.50. The summed E-state index contributed by atoms with van der Waals surface area (Å²) in [5.41, 5.74) is 0. The highest BCUT2D eigenvalue weighted by atomic mass is 16.3. The van der Waals surface area contributed by atoms with Crippen LogP contribution in [0, 0.1) is 0 Å². The molecule has 0 saturated carbocycles. The van der Waals surface area contributed by atoms with Crippen molar-refractivity contribution in [3.63, 3.8) is 0 Å². The highest BCUT2D eigenvalue weighted by Gasteiger charge is 2.28. The van der Waals surface area contributed by atoms with Gasteiger partial charge in [-0.3, -0.25) is 4.79 Å². The number of carbonyl (C=O) groups is 1. The minimum Gasteiger partial charge on any atom is -0.394 e. The maximum atomic E-state index is 12.5. The third-order valence-electron chi connectivity index (χ3n) is 12.8. The third-order valence-corrected chi connectivity index (χ3v) is 12.8. The molecule has 0 aromatic rings. The molecule has 0 aliphatic heterocycles. The van der Waals surface area contributed by atoms with E-state index in [1.165, 1.54) is 212 Å². The molecule has 4 unspecified atom stereocenters. The van der Waals surface area contributed by atoms with E-state index >= 15 is 0 Å². The fourth-order valence-electron chi connectivity index (χ4n) is 8.50. The number of aliphatic hydroxyl groups is 4. The van der Waals surface area contributed by atoms with Crippen LogP contribution in [0.3, 0.4) is 0 Å². The Morgan fingerprint density at radius 2 is 0.710 bits per heavy atom. The maximum Gasteiger partial charge on any atom is 0.249 e. The minimum absolute atomic E-state index is 0.364. The lowest BCUT2D eigenvalue weighted by Crippen LogP contribution is -2.53. The molecule has 6 nitrogen and oxygen atoms in total. The van der Waals surface area contributed by atoms with Gasteiger partial charge in [0.15, 0.2) is 0 Å². The van der Waals surface area contributed by atoms with Crippen LogP contribution in [0.2, 0.25) is 0 Å². The minimum atomic E-state index is -1.28. The predicted molar refractivity (Wildman–Crippen MR) is 270 cm³/mol. The van der Waals surface area contributed by atoms with Crippen molar-refractivity contribution in [3.8, 4) is 0 Å². The number of amides is 1. The summed E-state index contributed by atoms with van der Waals surface area (Å²) >= 11 is 0. The first-order valence-corrected chi connectivity index (χ1v) is 27.4. The van der Waals surface area contributed by atoms with Gasteiger partial charge in [0.2, 0.25) is 5.91 Å². The van der Waals surface area contributed by atoms with Crippen LogP contribution in [0.4, 0.5) is 0 Å². The third kappa shape index (κ3) is 43.8. The Hall–Kier alpha value is -1.47. The van der Waals surface area contributed by atoms with E-state index in [2.05, 4.69) is 55.6 Å². The average Bonchev–Trinajstić information content (AvgIpc) is 3.28. The summed E-state index contributed by atoms with van der Waals surface area (Å²) in [6.07, 6.45) is 62.3. The van der Waals surface area contributed by atoms with Crippen LogP contribution in [-0.4, -0.2) is 57.3 Å². The van der Waals surface area contributed by atoms with E-state index < -0.39 is 36.9 Å². The van der Waals surface area contributed by atoms with E-state index in [0.717, 1.165) is 44.9 Å². The van der Waals surface area contributed by atoms with Crippen LogP contribution >= 0.6 is 0 Å². The van der Waals surface area contributed by atoms with Crippen LogP contribution < -0.4 is 5.32 Å². The number of allylic oxidation sites excluding steroid dienone is 6. The molecule has 0 saturated heterocycles. The first-order valence-electron chi connectivity index (χ1n) is 27.4. The normalized spacial score (nSPS) is 14.1. The van der Waals surface area contributed by atoms with Crippen molar-refractivity contribution in [1.29, 1.82) is 0 Å². The van der Waals surface area contributed by atoms with Gasteiger partial charge in [-0.25, -0.2) is 0 Å². The Labute approximate surface area is 386 Å². The van der Waals surface area contributed by atoms with Gasteiger partial charge in [0.1, 0.15) is 12.2 Å². The first-order chi connectivity index (χ1) is 30.5. The summed E-state index contributed by atoms with van der Waals surface area (Å²) < 4.78 is 0. The molecule has 62 heavy (non-hydrogen) atoms. The number of hydrogen-bond acceptors (Lipinski definition) is 5. The second kappa shape index (κ2) is 50.5. The molecule has 0 spiro atoms. The lowest BCUT2D eigenvalue weighted by atomic mass is 10.00. The molecule has 0 heterocycles. The van der Waals surface area contributed by atoms with E-state index in [9.17, 15) is 25.2 Å². The molecule has 0 aromatic carbocycles. The zero-order valence-electron chi connectivity index (χ0n) is 41.4. The monoisotopic (exact) mass is 874 g/mol. The van der Waals surface area contributed by atoms with Crippen molar-refractivity contribution in [2.45, 2.75) is 308 Å². The van der Waals surface area contributed by atoms with Gasteiger partial charge in [0, 0.05) is 0 Å². The van der Waals surface area contributed by atoms with E-state index in [1.54, 1.807) is 0 Å². The second-order valence-electron chi connectivity index (χ2n) is 18.9. The number of aliphatic hydroxyl groups excluding tert-OH is 4. The summed E-state index contributed by atoms with van der Waals surface area (Å²) in [5.74, 6) is -0.592. The van der Waals surface area contributed by atoms with Crippen LogP contribution in [0.5, 0.6) is 0 Å². The van der Waals surface area contributed by atoms with Gasteiger partial charge in [-0.15, -0.1) is 0 Å². The van der Waals surface area contributed by atoms with E-state index in [4.69, 9.17) is 0 Å². The van der Waals surface area contributed by atoms with E-state index in [-0.39, 0.29) is 0 Å². The van der Waals surface area contributed by atoms with Crippen molar-refractivity contribution in [1.82, 2.24) is 5.32 Å². The van der Waals surface area contributed by atoms with E-state index in [0.29, 0.717) is 12.8 Å². The smallest absolute Gasteiger partial charge is 0.249 e. The summed E-state index contributed by atoms with van der Waals surface area (Å²) in [6.45, 7) is 4.04. The SMILES string of the molecule is CCCCCCCCC/C=C/CCCC(O)C(O)C(CO)NC(=O)C(O)CCCCCCCCCCCCCCCCCC/C=C\C/C=C\CCCCCCCCCCCCC. The molecule has 1 amide bonds. The lowest BCUT2D eigenvalue weighted by molar-refractivity contribution is -0.132. The van der Waals surface area contributed by atoms with Crippen molar-refractivity contribution in [2.75, 3.05) is 6.61 Å². The molecule has 0 aliphatic rings. The van der Waals surface area contributed by atoms with Crippen molar-refractivity contribution in [2.24, 2.45) is 0 Å². The molecule has 0 aromatic heterocycles. The molecule has 0 aliphatic carbocycles. The largest absolute Gasteiger partial charge is 0.394 e. The number of carbonyl (C=O) groups excluding carboxylic acids is 1. The van der Waals surface area contributed by atoms with E-state index in [1.807, 2.05) is 0 Å². The first kappa shape index (κ1) is 60.5. The standard InChI is InChI=1S/C56H107NO5/c1-3-5-7-9-11-13-15-17-18-19-20-21-22-23-24-25-26-27-28-29-30-31-32-33-34-35-36-37-38-40-42-44-46-48-50-54(60)56(62)57-52(51-58)55(61)53(59)49-47-45-43-41-39-16-14-12-10-8-6-4-2/h22-23,25-26,41,43,52-55,58-61H,3-21,24,27-40,42,44-51H2,1-2H3,(H,57,62)/b23-22-,26-25-,43-41+. The topological polar surface area (TPSA) is 110 Å². The van der Waals surface area contributed by atoms with Crippen LogP contribution in [0.1, 0.15) is 284 Å². The average molecular weight is 874 g/mol. The lowest BCUT2D eigenvalue weighted by Gasteiger charge is -2.27. The van der Waals surface area contributed by atoms with Crippen molar-refractivity contribution in [3.05, 3.63) is 36.5 Å². The van der Waals surface area contributed by atoms with Gasteiger partial charge in [0.25, 0.3) is 0 Å². The van der Waals surface area contributed by atoms with Crippen LogP contribution in [-0.2, 0) is 4.79 Å². The van der Waals surface area contributed by atoms with Gasteiger partial charge in [-0.1, -0.05) is 249 Å². The Balaban J connectivity index is 3.57. The Bertz CT molecular complexity index is 981. The van der Waals surface area contributed by atoms with Gasteiger partial charge >= 0.3 is 0 Å². The van der Waals surface area contributed by atoms with Gasteiger partial charge < -0.3 is 25.7 Å². The van der Waals surface area contributed by atoms with Crippen LogP contribution in [0.15, 0.2) is 36.5 Å². The maximum absolute atomic E-state index is 12.5. The number of hydrogen-bond donors (Lipinski definition) is 5. The summed E-state index contributed by atoms with van der Waals surface area (Å²) in [6, 6.07) is -1.00. The molecule has 0 rings (SSSR count). The zero-order valence-corrected chi connectivity index (χ0v) is 41.4. The molecular formula is C56H107NO5. The summed E-state index contributed by atoms with van der Waals surface area (Å²) in [5, 5.41) is 43.7. The Kier molecular flexibility index (Phi) is 49.3. The Morgan fingerprint density at radius 1 is 0.403 bits per heavy atom. The fraction of sp³-hybridized carbons (Fsp3) is 0.875. The van der Waals surface area contributed by atoms with Gasteiger partial charge in [0.05, 0.1) is 18.8 Å².